The Hall–Kier alpha value is -0.380. The molecule has 0 saturated carbocycles. The second kappa shape index (κ2) is 9.19. The van der Waals surface area contributed by atoms with Gasteiger partial charge in [-0.05, 0) is 13.3 Å². The average molecular weight is 224 g/mol. The standard InChI is InChI=1S/C8H17O5P/c1-3-6-12-14(10)13-7-5-8(9)11-4-2/h14H,3-7H2,1-2H3. The first-order valence-corrected chi connectivity index (χ1v) is 5.88. The van der Waals surface area contributed by atoms with E-state index >= 15 is 0 Å². The SMILES string of the molecule is CCCO[PH](=O)OCCC(=O)OCC. The number of carbonyl (C=O) groups excluding carboxylic acids is 1. The molecule has 0 aromatic heterocycles. The fourth-order valence-corrected chi connectivity index (χ4v) is 1.40. The van der Waals surface area contributed by atoms with Crippen LogP contribution in [0.25, 0.3) is 0 Å². The van der Waals surface area contributed by atoms with Crippen LogP contribution in [0.15, 0.2) is 0 Å². The summed E-state index contributed by atoms with van der Waals surface area (Å²) in [7, 11) is -2.42. The summed E-state index contributed by atoms with van der Waals surface area (Å²) in [6.45, 7) is 4.48. The smallest absolute Gasteiger partial charge is 0.319 e. The zero-order valence-electron chi connectivity index (χ0n) is 8.58. The van der Waals surface area contributed by atoms with Gasteiger partial charge in [-0.1, -0.05) is 6.92 Å². The van der Waals surface area contributed by atoms with Crippen LogP contribution >= 0.6 is 8.25 Å². The van der Waals surface area contributed by atoms with Crippen LogP contribution in [0.3, 0.4) is 0 Å². The Kier molecular flexibility index (Phi) is 8.94. The molecule has 0 spiro atoms. The van der Waals surface area contributed by atoms with Gasteiger partial charge in [-0.2, -0.15) is 0 Å². The van der Waals surface area contributed by atoms with Crippen LogP contribution < -0.4 is 0 Å². The lowest BCUT2D eigenvalue weighted by molar-refractivity contribution is -0.143. The Morgan fingerprint density at radius 2 is 1.86 bits per heavy atom. The average Bonchev–Trinajstić information content (AvgIpc) is 2.15. The van der Waals surface area contributed by atoms with Crippen molar-refractivity contribution in [1.29, 1.82) is 0 Å². The largest absolute Gasteiger partial charge is 0.466 e. The molecule has 1 unspecified atom stereocenters. The van der Waals surface area contributed by atoms with Crippen molar-refractivity contribution in [3.05, 3.63) is 0 Å². The van der Waals surface area contributed by atoms with Crippen molar-refractivity contribution in [2.45, 2.75) is 26.7 Å². The van der Waals surface area contributed by atoms with Gasteiger partial charge in [0.25, 0.3) is 0 Å². The molecule has 0 saturated heterocycles. The normalized spacial score (nSPS) is 12.4. The van der Waals surface area contributed by atoms with Crippen LogP contribution in [-0.2, 0) is 23.1 Å². The molecule has 0 fully saturated rings. The minimum Gasteiger partial charge on any atom is -0.466 e. The van der Waals surface area contributed by atoms with Gasteiger partial charge in [0.2, 0.25) is 0 Å². The predicted octanol–water partition coefficient (Wildman–Crippen LogP) is 1.77. The Bertz CT molecular complexity index is 183. The van der Waals surface area contributed by atoms with E-state index in [0.717, 1.165) is 6.42 Å². The molecule has 0 rings (SSSR count). The maximum Gasteiger partial charge on any atom is 0.319 e. The van der Waals surface area contributed by atoms with E-state index in [9.17, 15) is 9.36 Å². The van der Waals surface area contributed by atoms with Crippen LogP contribution in [0.1, 0.15) is 26.7 Å². The summed E-state index contributed by atoms with van der Waals surface area (Å²) in [5, 5.41) is 0. The maximum absolute atomic E-state index is 10.9. The van der Waals surface area contributed by atoms with Crippen molar-refractivity contribution in [3.63, 3.8) is 0 Å². The van der Waals surface area contributed by atoms with E-state index < -0.39 is 8.25 Å². The molecule has 0 aliphatic rings. The third-order valence-electron chi connectivity index (χ3n) is 1.26. The summed E-state index contributed by atoms with van der Waals surface area (Å²) in [6.07, 6.45) is 0.900. The lowest BCUT2D eigenvalue weighted by Gasteiger charge is -2.04. The fraction of sp³-hybridized carbons (Fsp3) is 0.875. The maximum atomic E-state index is 10.9. The second-order valence-electron chi connectivity index (χ2n) is 2.50. The minimum atomic E-state index is -2.42. The van der Waals surface area contributed by atoms with E-state index in [1.165, 1.54) is 0 Å². The lowest BCUT2D eigenvalue weighted by atomic mass is 10.5. The van der Waals surface area contributed by atoms with Gasteiger partial charge in [0.05, 0.1) is 26.2 Å². The first kappa shape index (κ1) is 13.6. The Morgan fingerprint density at radius 3 is 2.43 bits per heavy atom. The van der Waals surface area contributed by atoms with Crippen molar-refractivity contribution in [3.8, 4) is 0 Å². The van der Waals surface area contributed by atoms with Crippen molar-refractivity contribution < 1.29 is 23.1 Å². The lowest BCUT2D eigenvalue weighted by Crippen LogP contribution is -2.06. The Balaban J connectivity index is 3.34. The first-order valence-electron chi connectivity index (χ1n) is 4.65. The number of hydrogen-bond donors (Lipinski definition) is 0. The quantitative estimate of drug-likeness (QED) is 0.464. The molecule has 6 heteroatoms. The highest BCUT2D eigenvalue weighted by atomic mass is 31.1. The highest BCUT2D eigenvalue weighted by Gasteiger charge is 2.03. The molecule has 0 aliphatic heterocycles. The van der Waals surface area contributed by atoms with Crippen molar-refractivity contribution in [1.82, 2.24) is 0 Å². The topological polar surface area (TPSA) is 61.8 Å². The number of ether oxygens (including phenoxy) is 1. The summed E-state index contributed by atoms with van der Waals surface area (Å²) in [4.78, 5) is 10.8. The predicted molar refractivity (Wildman–Crippen MR) is 52.4 cm³/mol. The molecule has 0 amide bonds. The van der Waals surface area contributed by atoms with E-state index in [-0.39, 0.29) is 19.0 Å². The Morgan fingerprint density at radius 1 is 1.21 bits per heavy atom. The van der Waals surface area contributed by atoms with Gasteiger partial charge < -0.3 is 13.8 Å². The van der Waals surface area contributed by atoms with Gasteiger partial charge in [0.1, 0.15) is 0 Å². The summed E-state index contributed by atoms with van der Waals surface area (Å²) in [5.41, 5.74) is 0. The molecule has 14 heavy (non-hydrogen) atoms. The van der Waals surface area contributed by atoms with Crippen LogP contribution in [0.4, 0.5) is 0 Å². The van der Waals surface area contributed by atoms with Crippen molar-refractivity contribution in [2.24, 2.45) is 0 Å². The van der Waals surface area contributed by atoms with Gasteiger partial charge in [0, 0.05) is 0 Å². The van der Waals surface area contributed by atoms with Crippen LogP contribution in [0.2, 0.25) is 0 Å². The molecule has 0 bridgehead atoms. The zero-order valence-corrected chi connectivity index (χ0v) is 9.58. The highest BCUT2D eigenvalue weighted by molar-refractivity contribution is 7.33. The zero-order chi connectivity index (χ0) is 10.8. The molecule has 0 heterocycles. The third-order valence-corrected chi connectivity index (χ3v) is 2.14. The third kappa shape index (κ3) is 8.23. The van der Waals surface area contributed by atoms with Crippen LogP contribution in [0.5, 0.6) is 0 Å². The highest BCUT2D eigenvalue weighted by Crippen LogP contribution is 2.23. The first-order chi connectivity index (χ1) is 6.70. The van der Waals surface area contributed by atoms with E-state index in [1.807, 2.05) is 6.92 Å². The van der Waals surface area contributed by atoms with Crippen LogP contribution in [0, 0.1) is 0 Å². The molecular weight excluding hydrogens is 207 g/mol. The fourth-order valence-electron chi connectivity index (χ4n) is 0.678. The minimum absolute atomic E-state index is 0.0837. The van der Waals surface area contributed by atoms with Gasteiger partial charge >= 0.3 is 14.2 Å². The second-order valence-corrected chi connectivity index (χ2v) is 3.58. The van der Waals surface area contributed by atoms with E-state index in [4.69, 9.17) is 9.05 Å². The van der Waals surface area contributed by atoms with E-state index in [0.29, 0.717) is 13.2 Å². The number of rotatable bonds is 8. The molecule has 0 aliphatic carbocycles. The van der Waals surface area contributed by atoms with Crippen LogP contribution in [-0.4, -0.2) is 25.8 Å². The Labute approximate surface area is 84.7 Å². The molecule has 0 aromatic rings. The van der Waals surface area contributed by atoms with Gasteiger partial charge in [-0.3, -0.25) is 9.36 Å². The monoisotopic (exact) mass is 224 g/mol. The summed E-state index contributed by atoms with van der Waals surface area (Å²) in [6, 6.07) is 0. The number of carbonyl (C=O) groups is 1. The summed E-state index contributed by atoms with van der Waals surface area (Å²) < 4.78 is 25.2. The molecule has 1 atom stereocenters. The summed E-state index contributed by atoms with van der Waals surface area (Å²) in [5.74, 6) is -0.349. The molecular formula is C8H17O5P. The van der Waals surface area contributed by atoms with Gasteiger partial charge in [-0.25, -0.2) is 0 Å². The number of esters is 1. The van der Waals surface area contributed by atoms with Crippen molar-refractivity contribution >= 4 is 14.2 Å². The molecule has 0 N–H and O–H groups in total. The molecule has 0 aromatic carbocycles. The number of hydrogen-bond acceptors (Lipinski definition) is 5. The molecule has 84 valence electrons. The summed E-state index contributed by atoms with van der Waals surface area (Å²) >= 11 is 0. The van der Waals surface area contributed by atoms with Gasteiger partial charge in [0.15, 0.2) is 0 Å². The van der Waals surface area contributed by atoms with E-state index in [1.54, 1.807) is 6.92 Å². The van der Waals surface area contributed by atoms with E-state index in [2.05, 4.69) is 4.74 Å². The molecule has 5 nitrogen and oxygen atoms in total. The molecule has 0 radical (unpaired) electrons. The van der Waals surface area contributed by atoms with Crippen molar-refractivity contribution in [2.75, 3.05) is 19.8 Å². The van der Waals surface area contributed by atoms with Gasteiger partial charge in [-0.15, -0.1) is 0 Å².